The van der Waals surface area contributed by atoms with Crippen molar-refractivity contribution in [1.29, 1.82) is 0 Å². The minimum atomic E-state index is -0.300. The molecule has 25 heavy (non-hydrogen) atoms. The molecule has 0 aromatic heterocycles. The highest BCUT2D eigenvalue weighted by Gasteiger charge is 2.38. The number of aliphatic imine (C=N–C) groups is 1. The number of hydrogen-bond donors (Lipinski definition) is 0. The van der Waals surface area contributed by atoms with Crippen molar-refractivity contribution in [2.75, 3.05) is 13.7 Å². The predicted octanol–water partition coefficient (Wildman–Crippen LogP) is 4.78. The van der Waals surface area contributed by atoms with Gasteiger partial charge in [-0.05, 0) is 37.5 Å². The van der Waals surface area contributed by atoms with E-state index in [0.29, 0.717) is 27.6 Å². The van der Waals surface area contributed by atoms with Crippen molar-refractivity contribution < 1.29 is 9.53 Å². The third-order valence-electron chi connectivity index (χ3n) is 4.56. The first kappa shape index (κ1) is 18.3. The van der Waals surface area contributed by atoms with E-state index in [4.69, 9.17) is 16.3 Å². The van der Waals surface area contributed by atoms with E-state index in [1.54, 1.807) is 37.1 Å². The van der Waals surface area contributed by atoms with E-state index in [2.05, 4.69) is 29.0 Å². The van der Waals surface area contributed by atoms with Gasteiger partial charge in [0.1, 0.15) is 5.75 Å². The number of fused-ring (bicyclic) bond motifs is 1. The van der Waals surface area contributed by atoms with E-state index in [9.17, 15) is 4.79 Å². The van der Waals surface area contributed by atoms with E-state index in [0.717, 1.165) is 37.4 Å². The zero-order valence-electron chi connectivity index (χ0n) is 14.6. The Balaban J connectivity index is 1.89. The number of benzene rings is 1. The highest BCUT2D eigenvalue weighted by Crippen LogP contribution is 2.38. The van der Waals surface area contributed by atoms with E-state index >= 15 is 0 Å². The lowest BCUT2D eigenvalue weighted by Gasteiger charge is -2.29. The Bertz CT molecular complexity index is 705. The molecule has 1 aliphatic heterocycles. The van der Waals surface area contributed by atoms with Crippen LogP contribution in [-0.4, -0.2) is 40.9 Å². The lowest BCUT2D eigenvalue weighted by atomic mass is 10.00. The zero-order chi connectivity index (χ0) is 17.8. The summed E-state index contributed by atoms with van der Waals surface area (Å²) in [6.45, 7) is 3.12. The second-order valence-electron chi connectivity index (χ2n) is 6.25. The molecule has 6 heteroatoms. The minimum Gasteiger partial charge on any atom is -0.496 e. The van der Waals surface area contributed by atoms with Gasteiger partial charge in [-0.3, -0.25) is 4.79 Å². The SMILES string of the molecule is CCCCN1C(=NC(=O)c2cc(Cl)ccc2OC)S[C@@H]2C=CCC[C@H]21. The monoisotopic (exact) mass is 378 g/mol. The van der Waals surface area contributed by atoms with Gasteiger partial charge in [-0.1, -0.05) is 48.9 Å². The lowest BCUT2D eigenvalue weighted by molar-refractivity contribution is 0.0998. The molecule has 2 atom stereocenters. The van der Waals surface area contributed by atoms with Crippen molar-refractivity contribution in [2.24, 2.45) is 4.99 Å². The number of thioether (sulfide) groups is 1. The molecule has 1 fully saturated rings. The van der Waals surface area contributed by atoms with Crippen LogP contribution in [0.3, 0.4) is 0 Å². The largest absolute Gasteiger partial charge is 0.496 e. The molecule has 1 aliphatic carbocycles. The van der Waals surface area contributed by atoms with Gasteiger partial charge >= 0.3 is 0 Å². The second-order valence-corrected chi connectivity index (χ2v) is 7.83. The first-order valence-electron chi connectivity index (χ1n) is 8.70. The van der Waals surface area contributed by atoms with Gasteiger partial charge in [0.15, 0.2) is 5.17 Å². The van der Waals surface area contributed by atoms with Crippen molar-refractivity contribution >= 4 is 34.4 Å². The highest BCUT2D eigenvalue weighted by molar-refractivity contribution is 8.14. The Kier molecular flexibility index (Phi) is 6.07. The number of carbonyl (C=O) groups excluding carboxylic acids is 1. The molecule has 1 amide bonds. The molecule has 134 valence electrons. The van der Waals surface area contributed by atoms with Crippen LogP contribution in [0.4, 0.5) is 0 Å². The first-order chi connectivity index (χ1) is 12.1. The molecule has 0 saturated carbocycles. The normalized spacial score (nSPS) is 23.8. The number of amidine groups is 1. The van der Waals surface area contributed by atoms with Crippen molar-refractivity contribution in [3.05, 3.63) is 40.9 Å². The summed E-state index contributed by atoms with van der Waals surface area (Å²) in [6.07, 6.45) is 8.92. The number of carbonyl (C=O) groups is 1. The fourth-order valence-corrected chi connectivity index (χ4v) is 4.79. The average Bonchev–Trinajstić information content (AvgIpc) is 2.96. The number of halogens is 1. The van der Waals surface area contributed by atoms with Gasteiger partial charge in [0.05, 0.1) is 17.9 Å². The van der Waals surface area contributed by atoms with Crippen LogP contribution in [0.25, 0.3) is 0 Å². The molecular formula is C19H23ClN2O2S. The number of nitrogens with zero attached hydrogens (tertiary/aromatic N) is 2. The minimum absolute atomic E-state index is 0.300. The molecule has 0 spiro atoms. The average molecular weight is 379 g/mol. The van der Waals surface area contributed by atoms with Gasteiger partial charge in [0, 0.05) is 17.6 Å². The summed E-state index contributed by atoms with van der Waals surface area (Å²) in [4.78, 5) is 19.5. The third-order valence-corrected chi connectivity index (χ3v) is 6.08. The number of ether oxygens (including phenoxy) is 1. The molecule has 1 aromatic rings. The van der Waals surface area contributed by atoms with Crippen LogP contribution in [0.5, 0.6) is 5.75 Å². The smallest absolute Gasteiger partial charge is 0.283 e. The maximum absolute atomic E-state index is 12.8. The van der Waals surface area contributed by atoms with Crippen molar-refractivity contribution in [3.63, 3.8) is 0 Å². The molecule has 3 rings (SSSR count). The summed E-state index contributed by atoms with van der Waals surface area (Å²) in [6, 6.07) is 5.47. The third kappa shape index (κ3) is 4.04. The topological polar surface area (TPSA) is 41.9 Å². The van der Waals surface area contributed by atoms with Crippen LogP contribution in [0.2, 0.25) is 5.02 Å². The fourth-order valence-electron chi connectivity index (χ4n) is 3.25. The zero-order valence-corrected chi connectivity index (χ0v) is 16.1. The van der Waals surface area contributed by atoms with Gasteiger partial charge in [-0.25, -0.2) is 0 Å². The maximum atomic E-state index is 12.8. The van der Waals surface area contributed by atoms with Crippen molar-refractivity contribution in [2.45, 2.75) is 43.9 Å². The van der Waals surface area contributed by atoms with Crippen molar-refractivity contribution in [3.8, 4) is 5.75 Å². The number of allylic oxidation sites excluding steroid dienone is 1. The molecule has 0 unspecified atom stereocenters. The molecule has 2 aliphatic rings. The number of hydrogen-bond acceptors (Lipinski definition) is 3. The van der Waals surface area contributed by atoms with Crippen LogP contribution >= 0.6 is 23.4 Å². The van der Waals surface area contributed by atoms with E-state index < -0.39 is 0 Å². The van der Waals surface area contributed by atoms with Gasteiger partial charge in [0.2, 0.25) is 0 Å². The van der Waals surface area contributed by atoms with Gasteiger partial charge in [0.25, 0.3) is 5.91 Å². The van der Waals surface area contributed by atoms with E-state index in [1.165, 1.54) is 0 Å². The Morgan fingerprint density at radius 1 is 1.48 bits per heavy atom. The van der Waals surface area contributed by atoms with Crippen molar-refractivity contribution in [1.82, 2.24) is 4.90 Å². The van der Waals surface area contributed by atoms with Crippen LogP contribution in [0, 0.1) is 0 Å². The van der Waals surface area contributed by atoms with Crippen LogP contribution in [0.15, 0.2) is 35.3 Å². The molecular weight excluding hydrogens is 356 g/mol. The summed E-state index contributed by atoms with van der Waals surface area (Å²) in [7, 11) is 1.55. The number of amides is 1. The Morgan fingerprint density at radius 3 is 3.08 bits per heavy atom. The number of methoxy groups -OCH3 is 1. The molecule has 0 bridgehead atoms. The maximum Gasteiger partial charge on any atom is 0.283 e. The van der Waals surface area contributed by atoms with Gasteiger partial charge in [-0.15, -0.1) is 0 Å². The van der Waals surface area contributed by atoms with Crippen LogP contribution in [-0.2, 0) is 0 Å². The van der Waals surface area contributed by atoms with Gasteiger partial charge in [-0.2, -0.15) is 4.99 Å². The van der Waals surface area contributed by atoms with Crippen LogP contribution < -0.4 is 4.74 Å². The van der Waals surface area contributed by atoms with E-state index in [-0.39, 0.29) is 5.91 Å². The summed E-state index contributed by atoms with van der Waals surface area (Å²) in [5.74, 6) is 0.199. The predicted molar refractivity (Wildman–Crippen MR) is 105 cm³/mol. The molecule has 1 heterocycles. The Hall–Kier alpha value is -1.46. The second kappa shape index (κ2) is 8.28. The molecule has 0 radical (unpaired) electrons. The molecule has 4 nitrogen and oxygen atoms in total. The quantitative estimate of drug-likeness (QED) is 0.691. The molecule has 1 saturated heterocycles. The molecule has 0 N–H and O–H groups in total. The van der Waals surface area contributed by atoms with Crippen LogP contribution in [0.1, 0.15) is 43.0 Å². The molecule has 1 aromatic carbocycles. The Morgan fingerprint density at radius 2 is 2.32 bits per heavy atom. The standard InChI is InChI=1S/C19H23ClN2O2S/c1-3-4-11-22-15-7-5-6-8-17(15)25-19(22)21-18(23)14-12-13(20)9-10-16(14)24-2/h6,8-10,12,15,17H,3-5,7,11H2,1-2H3/t15-,17-/m1/s1. The fraction of sp³-hybridized carbons (Fsp3) is 0.474. The summed E-state index contributed by atoms with van der Waals surface area (Å²) >= 11 is 7.74. The highest BCUT2D eigenvalue weighted by atomic mass is 35.5. The Labute approximate surface area is 158 Å². The summed E-state index contributed by atoms with van der Waals surface area (Å²) in [5.41, 5.74) is 0.406. The van der Waals surface area contributed by atoms with E-state index in [1.807, 2.05) is 0 Å². The lowest BCUT2D eigenvalue weighted by Crippen LogP contribution is -2.38. The summed E-state index contributed by atoms with van der Waals surface area (Å²) in [5, 5.41) is 1.71. The number of rotatable bonds is 5. The summed E-state index contributed by atoms with van der Waals surface area (Å²) < 4.78 is 5.29. The van der Waals surface area contributed by atoms with Gasteiger partial charge < -0.3 is 9.64 Å². The first-order valence-corrected chi connectivity index (χ1v) is 9.96. The number of unbranched alkanes of at least 4 members (excludes halogenated alkanes) is 1.